The van der Waals surface area contributed by atoms with Crippen LogP contribution in [0.1, 0.15) is 40.7 Å². The van der Waals surface area contributed by atoms with E-state index in [-0.39, 0.29) is 17.4 Å². The third-order valence-electron chi connectivity index (χ3n) is 7.02. The lowest BCUT2D eigenvalue weighted by molar-refractivity contribution is 0.0791. The zero-order chi connectivity index (χ0) is 21.9. The predicted molar refractivity (Wildman–Crippen MR) is 123 cm³/mol. The van der Waals surface area contributed by atoms with Crippen LogP contribution in [0.15, 0.2) is 48.9 Å². The molecule has 6 rings (SSSR count). The molecule has 0 bridgehead atoms. The van der Waals surface area contributed by atoms with Gasteiger partial charge in [-0.25, -0.2) is 9.97 Å². The third kappa shape index (κ3) is 3.15. The third-order valence-corrected chi connectivity index (χ3v) is 7.02. The number of benzene rings is 1. The van der Waals surface area contributed by atoms with Gasteiger partial charge in [-0.05, 0) is 61.6 Å². The van der Waals surface area contributed by atoms with Crippen LogP contribution in [0.25, 0.3) is 11.3 Å². The maximum atomic E-state index is 13.1. The van der Waals surface area contributed by atoms with Crippen molar-refractivity contribution in [1.29, 1.82) is 0 Å². The number of anilines is 2. The molecular formula is C25H26N6O. The minimum Gasteiger partial charge on any atom is -0.337 e. The summed E-state index contributed by atoms with van der Waals surface area (Å²) in [5, 5.41) is 0. The highest BCUT2D eigenvalue weighted by Gasteiger charge is 2.52. The molecule has 0 unspecified atom stereocenters. The number of hydrogen-bond donors (Lipinski definition) is 1. The van der Waals surface area contributed by atoms with Gasteiger partial charge in [-0.1, -0.05) is 6.07 Å². The van der Waals surface area contributed by atoms with Gasteiger partial charge in [0, 0.05) is 66.5 Å². The Morgan fingerprint density at radius 2 is 1.94 bits per heavy atom. The molecule has 1 saturated carbocycles. The summed E-state index contributed by atoms with van der Waals surface area (Å²) in [4.78, 5) is 30.9. The summed E-state index contributed by atoms with van der Waals surface area (Å²) >= 11 is 0. The molecule has 3 aromatic rings. The second-order valence-corrected chi connectivity index (χ2v) is 9.39. The van der Waals surface area contributed by atoms with E-state index in [1.807, 2.05) is 48.5 Å². The summed E-state index contributed by atoms with van der Waals surface area (Å²) in [5.74, 6) is 0.721. The van der Waals surface area contributed by atoms with E-state index in [9.17, 15) is 4.79 Å². The fraction of sp³-hybridized carbons (Fsp3) is 0.360. The number of aromatic nitrogens is 3. The molecule has 1 spiro atoms. The highest BCUT2D eigenvalue weighted by atomic mass is 16.2. The van der Waals surface area contributed by atoms with Crippen molar-refractivity contribution in [3.05, 3.63) is 65.6 Å². The normalized spacial score (nSPS) is 20.6. The SMILES string of the molecule is Cc1ccnc(-c2cnc(N3CC4(CC4)c4ccc(C(=O)N5CC[C@@H](N)C5)cc43)nc2)c1. The van der Waals surface area contributed by atoms with Crippen LogP contribution in [0.5, 0.6) is 0 Å². The van der Waals surface area contributed by atoms with Crippen molar-refractivity contribution in [1.82, 2.24) is 19.9 Å². The quantitative estimate of drug-likeness (QED) is 0.692. The fourth-order valence-corrected chi connectivity index (χ4v) is 5.01. The number of hydrogen-bond acceptors (Lipinski definition) is 6. The Labute approximate surface area is 187 Å². The molecule has 2 aromatic heterocycles. The van der Waals surface area contributed by atoms with E-state index in [0.717, 1.165) is 54.9 Å². The van der Waals surface area contributed by atoms with E-state index in [4.69, 9.17) is 5.73 Å². The minimum atomic E-state index is 0.0548. The molecule has 1 amide bonds. The van der Waals surface area contributed by atoms with Crippen molar-refractivity contribution in [2.45, 2.75) is 37.6 Å². The average Bonchev–Trinajstić information content (AvgIpc) is 3.35. The zero-order valence-electron chi connectivity index (χ0n) is 18.2. The first-order valence-corrected chi connectivity index (χ1v) is 11.2. The lowest BCUT2D eigenvalue weighted by Crippen LogP contribution is -2.31. The van der Waals surface area contributed by atoms with Crippen LogP contribution < -0.4 is 10.6 Å². The monoisotopic (exact) mass is 426 g/mol. The van der Waals surface area contributed by atoms with Crippen LogP contribution in [0.3, 0.4) is 0 Å². The Morgan fingerprint density at radius 1 is 1.12 bits per heavy atom. The highest BCUT2D eigenvalue weighted by Crippen LogP contribution is 2.57. The number of carbonyl (C=O) groups excluding carboxylic acids is 1. The number of rotatable bonds is 3. The second-order valence-electron chi connectivity index (χ2n) is 9.39. The molecule has 2 fully saturated rings. The molecular weight excluding hydrogens is 400 g/mol. The summed E-state index contributed by atoms with van der Waals surface area (Å²) in [5.41, 5.74) is 12.2. The number of aryl methyl sites for hydroxylation is 1. The van der Waals surface area contributed by atoms with Gasteiger partial charge < -0.3 is 15.5 Å². The molecule has 7 heteroatoms. The molecule has 3 aliphatic rings. The first-order chi connectivity index (χ1) is 15.5. The summed E-state index contributed by atoms with van der Waals surface area (Å²) in [7, 11) is 0. The summed E-state index contributed by atoms with van der Waals surface area (Å²) in [6.45, 7) is 4.26. The van der Waals surface area contributed by atoms with Crippen molar-refractivity contribution in [3.8, 4) is 11.3 Å². The average molecular weight is 427 g/mol. The van der Waals surface area contributed by atoms with Gasteiger partial charge in [0.2, 0.25) is 5.95 Å². The minimum absolute atomic E-state index is 0.0548. The molecule has 4 heterocycles. The molecule has 1 aliphatic carbocycles. The van der Waals surface area contributed by atoms with Gasteiger partial charge in [0.15, 0.2) is 0 Å². The van der Waals surface area contributed by atoms with Crippen LogP contribution in [0, 0.1) is 6.92 Å². The van der Waals surface area contributed by atoms with Gasteiger partial charge in [0.1, 0.15) is 0 Å². The molecule has 162 valence electrons. The molecule has 32 heavy (non-hydrogen) atoms. The Kier molecular flexibility index (Phi) is 4.30. The van der Waals surface area contributed by atoms with Crippen LogP contribution in [-0.4, -0.2) is 51.4 Å². The second kappa shape index (κ2) is 7.10. The number of fused-ring (bicyclic) bond motifs is 2. The number of carbonyl (C=O) groups is 1. The lowest BCUT2D eigenvalue weighted by atomic mass is 9.97. The van der Waals surface area contributed by atoms with E-state index in [1.54, 1.807) is 6.20 Å². The summed E-state index contributed by atoms with van der Waals surface area (Å²) in [6.07, 6.45) is 8.66. The smallest absolute Gasteiger partial charge is 0.253 e. The van der Waals surface area contributed by atoms with Crippen molar-refractivity contribution in [2.24, 2.45) is 5.73 Å². The molecule has 2 aliphatic heterocycles. The van der Waals surface area contributed by atoms with Crippen molar-refractivity contribution in [2.75, 3.05) is 24.5 Å². The maximum absolute atomic E-state index is 13.1. The molecule has 7 nitrogen and oxygen atoms in total. The van der Waals surface area contributed by atoms with Crippen molar-refractivity contribution >= 4 is 17.5 Å². The van der Waals surface area contributed by atoms with E-state index in [0.29, 0.717) is 18.1 Å². The Bertz CT molecular complexity index is 1200. The van der Waals surface area contributed by atoms with Gasteiger partial charge in [0.05, 0.1) is 5.69 Å². The Balaban J connectivity index is 1.33. The molecule has 1 atom stereocenters. The largest absolute Gasteiger partial charge is 0.337 e. The fourth-order valence-electron chi connectivity index (χ4n) is 5.01. The first kappa shape index (κ1) is 19.4. The summed E-state index contributed by atoms with van der Waals surface area (Å²) in [6, 6.07) is 10.2. The van der Waals surface area contributed by atoms with Gasteiger partial charge in [-0.2, -0.15) is 0 Å². The van der Waals surface area contributed by atoms with Crippen molar-refractivity contribution < 1.29 is 4.79 Å². The van der Waals surface area contributed by atoms with E-state index in [2.05, 4.69) is 25.9 Å². The predicted octanol–water partition coefficient (Wildman–Crippen LogP) is 3.20. The number of amides is 1. The summed E-state index contributed by atoms with van der Waals surface area (Å²) < 4.78 is 0. The number of nitrogens with zero attached hydrogens (tertiary/aromatic N) is 5. The Hall–Kier alpha value is -3.32. The van der Waals surface area contributed by atoms with Gasteiger partial charge in [0.25, 0.3) is 5.91 Å². The van der Waals surface area contributed by atoms with E-state index >= 15 is 0 Å². The number of nitrogens with two attached hydrogens (primary N) is 1. The van der Waals surface area contributed by atoms with Gasteiger partial charge >= 0.3 is 0 Å². The molecule has 1 saturated heterocycles. The van der Waals surface area contributed by atoms with Crippen molar-refractivity contribution in [3.63, 3.8) is 0 Å². The maximum Gasteiger partial charge on any atom is 0.253 e. The van der Waals surface area contributed by atoms with E-state index in [1.165, 1.54) is 5.56 Å². The molecule has 1 aromatic carbocycles. The zero-order valence-corrected chi connectivity index (χ0v) is 18.2. The van der Waals surface area contributed by atoms with Gasteiger partial charge in [-0.3, -0.25) is 9.78 Å². The lowest BCUT2D eigenvalue weighted by Gasteiger charge is -2.20. The van der Waals surface area contributed by atoms with Gasteiger partial charge in [-0.15, -0.1) is 0 Å². The topological polar surface area (TPSA) is 88.2 Å². The first-order valence-electron chi connectivity index (χ1n) is 11.2. The van der Waals surface area contributed by atoms with E-state index < -0.39 is 0 Å². The molecule has 0 radical (unpaired) electrons. The van der Waals surface area contributed by atoms with Crippen LogP contribution in [0.2, 0.25) is 0 Å². The van der Waals surface area contributed by atoms with Crippen LogP contribution in [-0.2, 0) is 5.41 Å². The molecule has 2 N–H and O–H groups in total. The Morgan fingerprint density at radius 3 is 2.62 bits per heavy atom. The number of likely N-dealkylation sites (tertiary alicyclic amines) is 1. The van der Waals surface area contributed by atoms with Crippen LogP contribution in [0.4, 0.5) is 11.6 Å². The van der Waals surface area contributed by atoms with Crippen LogP contribution >= 0.6 is 0 Å². The standard InChI is InChI=1S/C25H26N6O/c1-16-4-8-27-21(10-16)18-12-28-24(29-13-18)31-15-25(6-7-25)20-3-2-17(11-22(20)31)23(32)30-9-5-19(26)14-30/h2-4,8,10-13,19H,5-7,9,14-15,26H2,1H3/t19-/m1/s1. The number of pyridine rings is 1. The highest BCUT2D eigenvalue weighted by molar-refractivity contribution is 5.96.